The number of aryl methyl sites for hydroxylation is 2. The van der Waals surface area contributed by atoms with E-state index in [0.29, 0.717) is 13.0 Å². The van der Waals surface area contributed by atoms with E-state index in [1.54, 1.807) is 22.7 Å². The van der Waals surface area contributed by atoms with Gasteiger partial charge in [-0.25, -0.2) is 4.98 Å². The summed E-state index contributed by atoms with van der Waals surface area (Å²) in [5.74, 6) is -0.260. The number of nitrogens with zero attached hydrogens (tertiary/aromatic N) is 1. The third-order valence-electron chi connectivity index (χ3n) is 2.98. The second-order valence-electron chi connectivity index (χ2n) is 4.76. The molecule has 0 saturated carbocycles. The van der Waals surface area contributed by atoms with Crippen LogP contribution in [0.4, 0.5) is 0 Å². The van der Waals surface area contributed by atoms with Crippen LogP contribution in [0.25, 0.3) is 0 Å². The van der Waals surface area contributed by atoms with E-state index >= 15 is 0 Å². The van der Waals surface area contributed by atoms with Crippen LogP contribution in [0.5, 0.6) is 0 Å². The molecule has 7 heteroatoms. The maximum Gasteiger partial charge on any atom is 0.310 e. The van der Waals surface area contributed by atoms with Gasteiger partial charge in [-0.05, 0) is 25.0 Å². The molecule has 0 aliphatic carbocycles. The fourth-order valence-corrected chi connectivity index (χ4v) is 3.63. The van der Waals surface area contributed by atoms with Crippen molar-refractivity contribution in [2.45, 2.75) is 32.7 Å². The minimum Gasteiger partial charge on any atom is -0.469 e. The summed E-state index contributed by atoms with van der Waals surface area (Å²) in [5.41, 5.74) is 1.04. The number of esters is 1. The van der Waals surface area contributed by atoms with E-state index in [0.717, 1.165) is 28.4 Å². The van der Waals surface area contributed by atoms with Crippen molar-refractivity contribution in [1.82, 2.24) is 10.3 Å². The maximum absolute atomic E-state index is 11.2. The number of ether oxygens (including phenoxy) is 1. The normalized spacial score (nSPS) is 10.5. The monoisotopic (exact) mass is 338 g/mol. The van der Waals surface area contributed by atoms with Crippen LogP contribution < -0.4 is 5.32 Å². The molecule has 0 radical (unpaired) electrons. The largest absolute Gasteiger partial charge is 0.469 e. The summed E-state index contributed by atoms with van der Waals surface area (Å²) >= 11 is 3.19. The number of aromatic nitrogens is 1. The van der Waals surface area contributed by atoms with Gasteiger partial charge in [0.15, 0.2) is 0 Å². The Kier molecular flexibility index (Phi) is 6.09. The van der Waals surface area contributed by atoms with Crippen molar-refractivity contribution < 1.29 is 14.3 Å². The lowest BCUT2D eigenvalue weighted by atomic mass is 10.2. The third kappa shape index (κ3) is 5.23. The average Bonchev–Trinajstić information content (AvgIpc) is 3.12. The topological polar surface area (TPSA) is 68.3 Å². The van der Waals surface area contributed by atoms with Gasteiger partial charge in [-0.1, -0.05) is 0 Å². The van der Waals surface area contributed by atoms with Gasteiger partial charge >= 0.3 is 5.97 Å². The summed E-state index contributed by atoms with van der Waals surface area (Å²) in [6, 6.07) is 4.02. The van der Waals surface area contributed by atoms with Crippen molar-refractivity contribution in [1.29, 1.82) is 0 Å². The first-order valence-corrected chi connectivity index (χ1v) is 8.58. The number of amides is 1. The number of hydrogen-bond acceptors (Lipinski definition) is 6. The van der Waals surface area contributed by atoms with Gasteiger partial charge in [0.1, 0.15) is 5.01 Å². The lowest BCUT2D eigenvalue weighted by Crippen LogP contribution is -2.18. The van der Waals surface area contributed by atoms with Crippen LogP contribution in [-0.4, -0.2) is 24.0 Å². The molecule has 1 amide bonds. The Morgan fingerprint density at radius 1 is 1.27 bits per heavy atom. The summed E-state index contributed by atoms with van der Waals surface area (Å²) in [4.78, 5) is 28.8. The summed E-state index contributed by atoms with van der Waals surface area (Å²) in [6.45, 7) is 1.99. The molecule has 5 nitrogen and oxygen atoms in total. The van der Waals surface area contributed by atoms with E-state index in [-0.39, 0.29) is 11.9 Å². The molecular weight excluding hydrogens is 320 g/mol. The van der Waals surface area contributed by atoms with E-state index in [2.05, 4.69) is 15.0 Å². The first kappa shape index (κ1) is 16.6. The van der Waals surface area contributed by atoms with Crippen LogP contribution in [0.15, 0.2) is 17.5 Å². The van der Waals surface area contributed by atoms with Gasteiger partial charge in [0.2, 0.25) is 5.91 Å². The minimum absolute atomic E-state index is 0.0477. The summed E-state index contributed by atoms with van der Waals surface area (Å²) in [7, 11) is 1.40. The van der Waals surface area contributed by atoms with Crippen LogP contribution in [0.1, 0.15) is 27.4 Å². The van der Waals surface area contributed by atoms with Crippen LogP contribution in [0, 0.1) is 0 Å². The molecule has 0 aliphatic rings. The van der Waals surface area contributed by atoms with Gasteiger partial charge in [0.25, 0.3) is 0 Å². The van der Waals surface area contributed by atoms with Gasteiger partial charge in [-0.3, -0.25) is 9.59 Å². The molecule has 0 spiro atoms. The fraction of sp³-hybridized carbons (Fsp3) is 0.400. The molecule has 2 heterocycles. The minimum atomic E-state index is -0.212. The Labute approximate surface area is 137 Å². The van der Waals surface area contributed by atoms with Crippen LogP contribution in [0.2, 0.25) is 0 Å². The smallest absolute Gasteiger partial charge is 0.310 e. The second kappa shape index (κ2) is 8.05. The molecule has 22 heavy (non-hydrogen) atoms. The number of rotatable bonds is 7. The molecule has 1 N–H and O–H groups in total. The van der Waals surface area contributed by atoms with Gasteiger partial charge < -0.3 is 10.1 Å². The molecule has 0 saturated heterocycles. The maximum atomic E-state index is 11.2. The molecule has 0 atom stereocenters. The Bertz CT molecular complexity index is 649. The molecular formula is C15H18N2O3S2. The standard InChI is InChI=1S/C15H18N2O3S2/c1-10(18)16-8-14-17-11(9-21-14)3-4-12-5-6-13(22-12)7-15(19)20-2/h5-6,9H,3-4,7-8H2,1-2H3,(H,16,18). The Balaban J connectivity index is 1.82. The van der Waals surface area contributed by atoms with Crippen molar-refractivity contribution in [3.63, 3.8) is 0 Å². The van der Waals surface area contributed by atoms with E-state index in [4.69, 9.17) is 0 Å². The zero-order valence-corrected chi connectivity index (χ0v) is 14.2. The number of hydrogen-bond donors (Lipinski definition) is 1. The van der Waals surface area contributed by atoms with Crippen molar-refractivity contribution in [3.05, 3.63) is 38.0 Å². The highest BCUT2D eigenvalue weighted by Crippen LogP contribution is 2.20. The number of carbonyl (C=O) groups is 2. The van der Waals surface area contributed by atoms with E-state index in [9.17, 15) is 9.59 Å². The number of carbonyl (C=O) groups excluding carboxylic acids is 2. The van der Waals surface area contributed by atoms with Crippen molar-refractivity contribution >= 4 is 34.6 Å². The van der Waals surface area contributed by atoms with Crippen LogP contribution >= 0.6 is 22.7 Å². The molecule has 2 rings (SSSR count). The molecule has 0 fully saturated rings. The fourth-order valence-electron chi connectivity index (χ4n) is 1.86. The Hall–Kier alpha value is -1.73. The predicted molar refractivity (Wildman–Crippen MR) is 87.1 cm³/mol. The van der Waals surface area contributed by atoms with Crippen LogP contribution in [-0.2, 0) is 40.1 Å². The molecule has 2 aromatic rings. The first-order chi connectivity index (χ1) is 10.6. The predicted octanol–water partition coefficient (Wildman–Crippen LogP) is 2.34. The highest BCUT2D eigenvalue weighted by Gasteiger charge is 2.08. The summed E-state index contributed by atoms with van der Waals surface area (Å²) < 4.78 is 4.66. The zero-order chi connectivity index (χ0) is 15.9. The highest BCUT2D eigenvalue weighted by atomic mass is 32.1. The van der Waals surface area contributed by atoms with Crippen molar-refractivity contribution in [3.8, 4) is 0 Å². The molecule has 0 unspecified atom stereocenters. The lowest BCUT2D eigenvalue weighted by molar-refractivity contribution is -0.139. The highest BCUT2D eigenvalue weighted by molar-refractivity contribution is 7.12. The molecule has 2 aromatic heterocycles. The van der Waals surface area contributed by atoms with E-state index < -0.39 is 0 Å². The number of nitrogens with one attached hydrogen (secondary N) is 1. The number of thiophene rings is 1. The lowest BCUT2D eigenvalue weighted by Gasteiger charge is -1.97. The Morgan fingerprint density at radius 3 is 2.77 bits per heavy atom. The number of methoxy groups -OCH3 is 1. The first-order valence-electron chi connectivity index (χ1n) is 6.89. The SMILES string of the molecule is COC(=O)Cc1ccc(CCc2csc(CNC(C)=O)n2)s1. The number of thiazole rings is 1. The zero-order valence-electron chi connectivity index (χ0n) is 12.5. The second-order valence-corrected chi connectivity index (χ2v) is 6.96. The van der Waals surface area contributed by atoms with Crippen molar-refractivity contribution in [2.75, 3.05) is 7.11 Å². The molecule has 0 bridgehead atoms. The Morgan fingerprint density at radius 2 is 2.05 bits per heavy atom. The van der Waals surface area contributed by atoms with Gasteiger partial charge in [-0.15, -0.1) is 22.7 Å². The molecule has 118 valence electrons. The van der Waals surface area contributed by atoms with Crippen LogP contribution in [0.3, 0.4) is 0 Å². The third-order valence-corrected chi connectivity index (χ3v) is 5.02. The van der Waals surface area contributed by atoms with Crippen molar-refractivity contribution in [2.24, 2.45) is 0 Å². The van der Waals surface area contributed by atoms with E-state index in [1.165, 1.54) is 18.9 Å². The summed E-state index contributed by atoms with van der Waals surface area (Å²) in [6.07, 6.45) is 2.09. The van der Waals surface area contributed by atoms with E-state index in [1.807, 2.05) is 17.5 Å². The molecule has 0 aromatic carbocycles. The van der Waals surface area contributed by atoms with Gasteiger partial charge in [-0.2, -0.15) is 0 Å². The molecule has 0 aliphatic heterocycles. The summed E-state index contributed by atoms with van der Waals surface area (Å²) in [5, 5.41) is 5.69. The van der Waals surface area contributed by atoms with Gasteiger partial charge in [0, 0.05) is 22.1 Å². The average molecular weight is 338 g/mol. The van der Waals surface area contributed by atoms with Gasteiger partial charge in [0.05, 0.1) is 25.8 Å². The quantitative estimate of drug-likeness (QED) is 0.787.